The van der Waals surface area contributed by atoms with Gasteiger partial charge in [-0.2, -0.15) is 0 Å². The predicted octanol–water partition coefficient (Wildman–Crippen LogP) is 1.85. The number of anilines is 2. The van der Waals surface area contributed by atoms with Gasteiger partial charge in [-0.3, -0.25) is 0 Å². The van der Waals surface area contributed by atoms with Gasteiger partial charge >= 0.3 is 5.97 Å². The second kappa shape index (κ2) is 5.80. The summed E-state index contributed by atoms with van der Waals surface area (Å²) in [6.07, 6.45) is 2.89. The number of hydrogen-bond donors (Lipinski definition) is 1. The Balaban J connectivity index is 2.64. The summed E-state index contributed by atoms with van der Waals surface area (Å²) in [5.41, 5.74) is 2.02. The maximum absolute atomic E-state index is 10.8. The maximum atomic E-state index is 10.8. The van der Waals surface area contributed by atoms with Crippen LogP contribution in [0.4, 0.5) is 11.4 Å². The van der Waals surface area contributed by atoms with Gasteiger partial charge < -0.3 is 15.0 Å². The van der Waals surface area contributed by atoms with Gasteiger partial charge in [0.15, 0.2) is 0 Å². The molecule has 1 N–H and O–H groups in total. The van der Waals surface area contributed by atoms with Gasteiger partial charge in [0.05, 0.1) is 7.11 Å². The number of methoxy groups -OCH3 is 1. The first-order valence-corrected chi connectivity index (χ1v) is 4.92. The number of carbonyl (C=O) groups excluding carboxylic acids is 1. The Kier molecular flexibility index (Phi) is 4.39. The summed E-state index contributed by atoms with van der Waals surface area (Å²) in [5.74, 6) is -0.378. The van der Waals surface area contributed by atoms with Crippen molar-refractivity contribution in [1.82, 2.24) is 0 Å². The summed E-state index contributed by atoms with van der Waals surface area (Å²) >= 11 is 0. The SMILES string of the molecule is COC(=O)/C=C/Nc1cccc(N(C)C)c1. The molecular formula is C12H16N2O2. The minimum Gasteiger partial charge on any atom is -0.466 e. The van der Waals surface area contributed by atoms with Crippen molar-refractivity contribution in [2.75, 3.05) is 31.4 Å². The molecule has 86 valence electrons. The first kappa shape index (κ1) is 12.1. The Morgan fingerprint density at radius 3 is 2.81 bits per heavy atom. The Bertz CT molecular complexity index is 386. The molecule has 1 rings (SSSR count). The van der Waals surface area contributed by atoms with Gasteiger partial charge in [0, 0.05) is 37.7 Å². The first-order chi connectivity index (χ1) is 7.63. The van der Waals surface area contributed by atoms with Crippen molar-refractivity contribution in [3.8, 4) is 0 Å². The van der Waals surface area contributed by atoms with Crippen molar-refractivity contribution < 1.29 is 9.53 Å². The summed E-state index contributed by atoms with van der Waals surface area (Å²) in [6, 6.07) is 7.87. The van der Waals surface area contributed by atoms with E-state index in [-0.39, 0.29) is 5.97 Å². The fourth-order valence-electron chi connectivity index (χ4n) is 1.15. The molecule has 1 aromatic carbocycles. The molecule has 0 aliphatic heterocycles. The van der Waals surface area contributed by atoms with Gasteiger partial charge in [-0.15, -0.1) is 0 Å². The fraction of sp³-hybridized carbons (Fsp3) is 0.250. The van der Waals surface area contributed by atoms with Crippen molar-refractivity contribution in [1.29, 1.82) is 0 Å². The third kappa shape index (κ3) is 3.65. The smallest absolute Gasteiger partial charge is 0.331 e. The Morgan fingerprint density at radius 1 is 1.44 bits per heavy atom. The highest BCUT2D eigenvalue weighted by molar-refractivity contribution is 5.82. The van der Waals surface area contributed by atoms with Gasteiger partial charge in [0.25, 0.3) is 0 Å². The molecule has 0 amide bonds. The van der Waals surface area contributed by atoms with Crippen LogP contribution in [0.3, 0.4) is 0 Å². The number of ether oxygens (including phenoxy) is 1. The van der Waals surface area contributed by atoms with Gasteiger partial charge in [-0.05, 0) is 18.2 Å². The quantitative estimate of drug-likeness (QED) is 0.621. The van der Waals surface area contributed by atoms with Crippen LogP contribution in [-0.4, -0.2) is 27.2 Å². The molecule has 0 aromatic heterocycles. The van der Waals surface area contributed by atoms with Crippen LogP contribution >= 0.6 is 0 Å². The van der Waals surface area contributed by atoms with Crippen molar-refractivity contribution in [3.05, 3.63) is 36.5 Å². The molecule has 0 unspecified atom stereocenters. The third-order valence-electron chi connectivity index (χ3n) is 2.03. The summed E-state index contributed by atoms with van der Waals surface area (Å²) in [4.78, 5) is 12.8. The van der Waals surface area contributed by atoms with Crippen LogP contribution in [-0.2, 0) is 9.53 Å². The molecule has 0 aliphatic carbocycles. The number of benzene rings is 1. The molecular weight excluding hydrogens is 204 g/mol. The third-order valence-corrected chi connectivity index (χ3v) is 2.03. The molecule has 0 heterocycles. The van der Waals surface area contributed by atoms with E-state index in [1.165, 1.54) is 13.2 Å². The average molecular weight is 220 g/mol. The van der Waals surface area contributed by atoms with Gasteiger partial charge in [0.1, 0.15) is 0 Å². The Morgan fingerprint density at radius 2 is 2.19 bits per heavy atom. The summed E-state index contributed by atoms with van der Waals surface area (Å²) < 4.78 is 4.48. The molecule has 1 aromatic rings. The van der Waals surface area contributed by atoms with Crippen molar-refractivity contribution in [2.45, 2.75) is 0 Å². The normalized spacial score (nSPS) is 10.2. The highest BCUT2D eigenvalue weighted by Crippen LogP contribution is 2.16. The molecule has 0 atom stereocenters. The topological polar surface area (TPSA) is 41.6 Å². The van der Waals surface area contributed by atoms with E-state index < -0.39 is 0 Å². The lowest BCUT2D eigenvalue weighted by atomic mass is 10.2. The van der Waals surface area contributed by atoms with Gasteiger partial charge in [-0.1, -0.05) is 6.07 Å². The number of rotatable bonds is 4. The molecule has 0 spiro atoms. The molecule has 0 saturated heterocycles. The first-order valence-electron chi connectivity index (χ1n) is 4.92. The van der Waals surface area contributed by atoms with Crippen LogP contribution in [0.5, 0.6) is 0 Å². The zero-order valence-corrected chi connectivity index (χ0v) is 9.73. The lowest BCUT2D eigenvalue weighted by Gasteiger charge is -2.13. The number of nitrogens with one attached hydrogen (secondary N) is 1. The Hall–Kier alpha value is -1.97. The molecule has 16 heavy (non-hydrogen) atoms. The van der Waals surface area contributed by atoms with Crippen LogP contribution in [0, 0.1) is 0 Å². The lowest BCUT2D eigenvalue weighted by molar-refractivity contribution is -0.134. The molecule has 0 aliphatic rings. The second-order valence-electron chi connectivity index (χ2n) is 3.45. The minimum absolute atomic E-state index is 0.378. The van der Waals surface area contributed by atoms with Gasteiger partial charge in [-0.25, -0.2) is 4.79 Å². The fourth-order valence-corrected chi connectivity index (χ4v) is 1.15. The van der Waals surface area contributed by atoms with Crippen LogP contribution < -0.4 is 10.2 Å². The molecule has 4 nitrogen and oxygen atoms in total. The number of nitrogens with zero attached hydrogens (tertiary/aromatic N) is 1. The average Bonchev–Trinajstić information content (AvgIpc) is 2.29. The zero-order chi connectivity index (χ0) is 12.0. The summed E-state index contributed by atoms with van der Waals surface area (Å²) in [7, 11) is 5.30. The predicted molar refractivity (Wildman–Crippen MR) is 65.5 cm³/mol. The standard InChI is InChI=1S/C12H16N2O2/c1-14(2)11-6-4-5-10(9-11)13-8-7-12(15)16-3/h4-9,13H,1-3H3/b8-7+. The van der Waals surface area contributed by atoms with Crippen LogP contribution in [0.25, 0.3) is 0 Å². The van der Waals surface area contributed by atoms with Crippen molar-refractivity contribution >= 4 is 17.3 Å². The zero-order valence-electron chi connectivity index (χ0n) is 9.73. The van der Waals surface area contributed by atoms with E-state index in [0.717, 1.165) is 11.4 Å². The Labute approximate surface area is 95.5 Å². The van der Waals surface area contributed by atoms with Crippen LogP contribution in [0.15, 0.2) is 36.5 Å². The molecule has 0 radical (unpaired) electrons. The van der Waals surface area contributed by atoms with Crippen molar-refractivity contribution in [3.63, 3.8) is 0 Å². The van der Waals surface area contributed by atoms with Crippen LogP contribution in [0.2, 0.25) is 0 Å². The van der Waals surface area contributed by atoms with E-state index >= 15 is 0 Å². The summed E-state index contributed by atoms with van der Waals surface area (Å²) in [6.45, 7) is 0. The molecule has 4 heteroatoms. The maximum Gasteiger partial charge on any atom is 0.331 e. The monoisotopic (exact) mass is 220 g/mol. The minimum atomic E-state index is -0.378. The van der Waals surface area contributed by atoms with E-state index in [1.54, 1.807) is 6.20 Å². The number of esters is 1. The lowest BCUT2D eigenvalue weighted by Crippen LogP contribution is -2.08. The molecule has 0 bridgehead atoms. The largest absolute Gasteiger partial charge is 0.466 e. The van der Waals surface area contributed by atoms with Crippen LogP contribution in [0.1, 0.15) is 0 Å². The van der Waals surface area contributed by atoms with Crippen molar-refractivity contribution in [2.24, 2.45) is 0 Å². The second-order valence-corrected chi connectivity index (χ2v) is 3.45. The van der Waals surface area contributed by atoms with Gasteiger partial charge in [0.2, 0.25) is 0 Å². The number of hydrogen-bond acceptors (Lipinski definition) is 4. The van der Waals surface area contributed by atoms with E-state index in [1.807, 2.05) is 43.3 Å². The molecule has 0 fully saturated rings. The number of carbonyl (C=O) groups is 1. The van der Waals surface area contributed by atoms with E-state index in [0.29, 0.717) is 0 Å². The molecule has 0 saturated carbocycles. The van der Waals surface area contributed by atoms with E-state index in [2.05, 4.69) is 10.1 Å². The van der Waals surface area contributed by atoms with E-state index in [9.17, 15) is 4.79 Å². The summed E-state index contributed by atoms with van der Waals surface area (Å²) in [5, 5.41) is 3.00. The highest BCUT2D eigenvalue weighted by atomic mass is 16.5. The highest BCUT2D eigenvalue weighted by Gasteiger charge is 1.96. The van der Waals surface area contributed by atoms with E-state index in [4.69, 9.17) is 0 Å².